The molecule has 0 amide bonds. The molecule has 0 aliphatic rings. The van der Waals surface area contributed by atoms with Gasteiger partial charge in [-0.1, -0.05) is 0 Å². The lowest BCUT2D eigenvalue weighted by Gasteiger charge is -2.04. The molecule has 2 aromatic rings. The van der Waals surface area contributed by atoms with Gasteiger partial charge in [0.2, 0.25) is 0 Å². The number of nitro benzene ring substituents is 1. The number of fused-ring (bicyclic) bond motifs is 1. The molecule has 1 N–H and O–H groups in total. The lowest BCUT2D eigenvalue weighted by Crippen LogP contribution is -2.06. The summed E-state index contributed by atoms with van der Waals surface area (Å²) in [5.74, 6) is -0.531. The van der Waals surface area contributed by atoms with E-state index in [-0.39, 0.29) is 29.1 Å². The number of hydrogen-bond donors (Lipinski definition) is 1. The summed E-state index contributed by atoms with van der Waals surface area (Å²) >= 11 is 0. The van der Waals surface area contributed by atoms with Gasteiger partial charge in [0, 0.05) is 11.6 Å². The standard InChI is InChI=1S/C12H12N2O5/c1-3-19-12(15)10-9-7(6-13-10)4-5-8(18-2)11(9)14(16)17/h4-6,13H,3H2,1-2H3. The van der Waals surface area contributed by atoms with Crippen LogP contribution in [0.5, 0.6) is 5.75 Å². The number of nitrogens with one attached hydrogen (secondary N) is 1. The van der Waals surface area contributed by atoms with Crippen molar-refractivity contribution in [3.8, 4) is 5.75 Å². The molecule has 0 saturated carbocycles. The summed E-state index contributed by atoms with van der Waals surface area (Å²) in [5, 5.41) is 11.9. The van der Waals surface area contributed by atoms with Crippen LogP contribution >= 0.6 is 0 Å². The number of aromatic amines is 1. The molecule has 0 bridgehead atoms. The molecule has 1 aromatic carbocycles. The third-order valence-corrected chi connectivity index (χ3v) is 2.68. The molecule has 7 heteroatoms. The van der Waals surface area contributed by atoms with E-state index in [0.717, 1.165) is 0 Å². The van der Waals surface area contributed by atoms with Gasteiger partial charge in [0.1, 0.15) is 5.69 Å². The number of benzene rings is 1. The van der Waals surface area contributed by atoms with E-state index < -0.39 is 10.9 Å². The van der Waals surface area contributed by atoms with Crippen LogP contribution in [0.25, 0.3) is 10.8 Å². The summed E-state index contributed by atoms with van der Waals surface area (Å²) in [4.78, 5) is 25.1. The molecule has 19 heavy (non-hydrogen) atoms. The zero-order chi connectivity index (χ0) is 14.0. The molecule has 0 aliphatic carbocycles. The van der Waals surface area contributed by atoms with E-state index in [4.69, 9.17) is 9.47 Å². The first-order chi connectivity index (χ1) is 9.10. The second-order valence-electron chi connectivity index (χ2n) is 3.72. The maximum atomic E-state index is 11.8. The van der Waals surface area contributed by atoms with Gasteiger partial charge in [-0.25, -0.2) is 4.79 Å². The largest absolute Gasteiger partial charge is 0.490 e. The quantitative estimate of drug-likeness (QED) is 0.519. The molecule has 0 saturated heterocycles. The first kappa shape index (κ1) is 12.9. The number of esters is 1. The van der Waals surface area contributed by atoms with E-state index in [1.54, 1.807) is 13.0 Å². The smallest absolute Gasteiger partial charge is 0.355 e. The van der Waals surface area contributed by atoms with Gasteiger partial charge < -0.3 is 14.5 Å². The van der Waals surface area contributed by atoms with Gasteiger partial charge >= 0.3 is 11.7 Å². The Kier molecular flexibility index (Phi) is 3.37. The molecule has 1 aromatic heterocycles. The molecule has 0 fully saturated rings. The summed E-state index contributed by atoms with van der Waals surface area (Å²) in [6, 6.07) is 3.13. The van der Waals surface area contributed by atoms with Crippen LogP contribution < -0.4 is 4.74 Å². The highest BCUT2D eigenvalue weighted by atomic mass is 16.6. The number of nitrogens with zero attached hydrogens (tertiary/aromatic N) is 1. The number of methoxy groups -OCH3 is 1. The van der Waals surface area contributed by atoms with Gasteiger partial charge in [0.15, 0.2) is 5.75 Å². The first-order valence-electron chi connectivity index (χ1n) is 5.59. The van der Waals surface area contributed by atoms with Gasteiger partial charge in [-0.3, -0.25) is 10.1 Å². The minimum Gasteiger partial charge on any atom is -0.490 e. The van der Waals surface area contributed by atoms with Crippen LogP contribution in [-0.2, 0) is 4.74 Å². The molecule has 0 unspecified atom stereocenters. The van der Waals surface area contributed by atoms with E-state index in [1.807, 2.05) is 0 Å². The fourth-order valence-electron chi connectivity index (χ4n) is 1.90. The Morgan fingerprint density at radius 3 is 2.79 bits per heavy atom. The van der Waals surface area contributed by atoms with Gasteiger partial charge in [-0.05, 0) is 19.1 Å². The van der Waals surface area contributed by atoms with Crippen LogP contribution in [0.15, 0.2) is 18.3 Å². The maximum absolute atomic E-state index is 11.8. The molecule has 100 valence electrons. The number of H-pyrrole nitrogens is 1. The lowest BCUT2D eigenvalue weighted by atomic mass is 10.1. The average molecular weight is 264 g/mol. The van der Waals surface area contributed by atoms with Crippen molar-refractivity contribution < 1.29 is 19.2 Å². The second kappa shape index (κ2) is 4.97. The van der Waals surface area contributed by atoms with E-state index >= 15 is 0 Å². The zero-order valence-corrected chi connectivity index (χ0v) is 10.4. The summed E-state index contributed by atoms with van der Waals surface area (Å²) in [5.41, 5.74) is -0.188. The lowest BCUT2D eigenvalue weighted by molar-refractivity contribution is -0.384. The zero-order valence-electron chi connectivity index (χ0n) is 10.4. The Morgan fingerprint density at radius 2 is 2.21 bits per heavy atom. The van der Waals surface area contributed by atoms with Gasteiger partial charge in [-0.2, -0.15) is 0 Å². The third-order valence-electron chi connectivity index (χ3n) is 2.68. The summed E-state index contributed by atoms with van der Waals surface area (Å²) < 4.78 is 9.84. The number of nitro groups is 1. The van der Waals surface area contributed by atoms with E-state index in [2.05, 4.69) is 4.98 Å². The number of rotatable bonds is 4. The Bertz CT molecular complexity index is 647. The fraction of sp³-hybridized carbons (Fsp3) is 0.250. The predicted molar refractivity (Wildman–Crippen MR) is 67.5 cm³/mol. The van der Waals surface area contributed by atoms with Crippen molar-refractivity contribution in [1.82, 2.24) is 4.98 Å². The van der Waals surface area contributed by atoms with E-state index in [9.17, 15) is 14.9 Å². The van der Waals surface area contributed by atoms with Crippen molar-refractivity contribution >= 4 is 22.4 Å². The highest BCUT2D eigenvalue weighted by Gasteiger charge is 2.26. The van der Waals surface area contributed by atoms with Crippen molar-refractivity contribution in [1.29, 1.82) is 0 Å². The van der Waals surface area contributed by atoms with Crippen molar-refractivity contribution in [2.75, 3.05) is 13.7 Å². The normalized spacial score (nSPS) is 10.4. The predicted octanol–water partition coefficient (Wildman–Crippen LogP) is 2.26. The van der Waals surface area contributed by atoms with Crippen LogP contribution in [0.1, 0.15) is 17.4 Å². The molecule has 0 radical (unpaired) electrons. The Labute approximate surface area is 108 Å². The summed E-state index contributed by atoms with van der Waals surface area (Å²) in [7, 11) is 1.34. The van der Waals surface area contributed by atoms with Gasteiger partial charge in [0.25, 0.3) is 0 Å². The molecule has 0 aliphatic heterocycles. The van der Waals surface area contributed by atoms with E-state index in [1.165, 1.54) is 19.4 Å². The number of aromatic nitrogens is 1. The fourth-order valence-corrected chi connectivity index (χ4v) is 1.90. The monoisotopic (exact) mass is 264 g/mol. The Hall–Kier alpha value is -2.57. The Balaban J connectivity index is 2.74. The molecule has 7 nitrogen and oxygen atoms in total. The van der Waals surface area contributed by atoms with Crippen molar-refractivity contribution in [3.63, 3.8) is 0 Å². The number of hydrogen-bond acceptors (Lipinski definition) is 5. The topological polar surface area (TPSA) is 94.5 Å². The van der Waals surface area contributed by atoms with Gasteiger partial charge in [0.05, 0.1) is 24.0 Å². The molecule has 2 rings (SSSR count). The van der Waals surface area contributed by atoms with Crippen molar-refractivity contribution in [2.45, 2.75) is 6.92 Å². The van der Waals surface area contributed by atoms with Crippen molar-refractivity contribution in [2.24, 2.45) is 0 Å². The molecular formula is C12H12N2O5. The number of carbonyl (C=O) groups is 1. The number of carbonyl (C=O) groups excluding carboxylic acids is 1. The summed E-state index contributed by atoms with van der Waals surface area (Å²) in [6.45, 7) is 1.86. The minimum absolute atomic E-state index is 0.0578. The summed E-state index contributed by atoms with van der Waals surface area (Å²) in [6.07, 6.45) is 1.52. The van der Waals surface area contributed by atoms with Crippen LogP contribution in [0.2, 0.25) is 0 Å². The van der Waals surface area contributed by atoms with Crippen LogP contribution in [-0.4, -0.2) is 29.6 Å². The molecule has 1 heterocycles. The Morgan fingerprint density at radius 1 is 1.47 bits per heavy atom. The van der Waals surface area contributed by atoms with Crippen molar-refractivity contribution in [3.05, 3.63) is 34.1 Å². The van der Waals surface area contributed by atoms with Crippen LogP contribution in [0.4, 0.5) is 5.69 Å². The minimum atomic E-state index is -0.631. The second-order valence-corrected chi connectivity index (χ2v) is 3.72. The molecule has 0 spiro atoms. The third kappa shape index (κ3) is 2.10. The van der Waals surface area contributed by atoms with Crippen LogP contribution in [0.3, 0.4) is 0 Å². The van der Waals surface area contributed by atoms with Crippen LogP contribution in [0, 0.1) is 10.1 Å². The first-order valence-corrected chi connectivity index (χ1v) is 5.59. The number of ether oxygens (including phenoxy) is 2. The van der Waals surface area contributed by atoms with Gasteiger partial charge in [-0.15, -0.1) is 0 Å². The highest BCUT2D eigenvalue weighted by molar-refractivity contribution is 6.08. The average Bonchev–Trinajstić information content (AvgIpc) is 2.81. The van der Waals surface area contributed by atoms with E-state index in [0.29, 0.717) is 5.39 Å². The highest BCUT2D eigenvalue weighted by Crippen LogP contribution is 2.37. The molecular weight excluding hydrogens is 252 g/mol. The SMILES string of the molecule is CCOC(=O)c1[nH]cc2ccc(OC)c([N+](=O)[O-])c12. The maximum Gasteiger partial charge on any atom is 0.355 e. The molecule has 0 atom stereocenters.